The van der Waals surface area contributed by atoms with Crippen LogP contribution in [0.1, 0.15) is 44.0 Å². The fourth-order valence-corrected chi connectivity index (χ4v) is 3.99. The minimum absolute atomic E-state index is 0.0738. The number of hydrogen-bond acceptors (Lipinski definition) is 6. The zero-order chi connectivity index (χ0) is 20.2. The van der Waals surface area contributed by atoms with Gasteiger partial charge in [-0.3, -0.25) is 0 Å². The second-order valence-electron chi connectivity index (χ2n) is 7.38. The van der Waals surface area contributed by atoms with E-state index in [0.717, 1.165) is 0 Å². The van der Waals surface area contributed by atoms with Gasteiger partial charge in [0.1, 0.15) is 5.60 Å². The number of esters is 1. The molecule has 1 aromatic carbocycles. The Morgan fingerprint density at radius 1 is 1.11 bits per heavy atom. The van der Waals surface area contributed by atoms with Gasteiger partial charge in [-0.05, 0) is 57.9 Å². The van der Waals surface area contributed by atoms with Crippen molar-refractivity contribution in [2.24, 2.45) is 0 Å². The number of carbonyl (C=O) groups is 2. The third kappa shape index (κ3) is 5.93. The number of carbonyl (C=O) groups excluding carboxylic acids is 2. The van der Waals surface area contributed by atoms with E-state index >= 15 is 0 Å². The first-order valence-electron chi connectivity index (χ1n) is 8.70. The quantitative estimate of drug-likeness (QED) is 0.780. The average molecular weight is 398 g/mol. The van der Waals surface area contributed by atoms with Crippen LogP contribution in [0.5, 0.6) is 0 Å². The number of rotatable bonds is 4. The van der Waals surface area contributed by atoms with Crippen LogP contribution in [0.3, 0.4) is 0 Å². The third-order valence-corrected chi connectivity index (χ3v) is 5.59. The molecule has 0 atom stereocenters. The van der Waals surface area contributed by atoms with Gasteiger partial charge in [0.05, 0.1) is 17.6 Å². The first kappa shape index (κ1) is 21.2. The molecule has 0 aliphatic carbocycles. The van der Waals surface area contributed by atoms with Crippen molar-refractivity contribution in [3.8, 4) is 0 Å². The lowest BCUT2D eigenvalue weighted by atomic mass is 10.1. The molecule has 9 heteroatoms. The van der Waals surface area contributed by atoms with Gasteiger partial charge in [0.25, 0.3) is 0 Å². The minimum atomic E-state index is -3.71. The van der Waals surface area contributed by atoms with E-state index in [-0.39, 0.29) is 22.6 Å². The molecular formula is C18H26N2O6S. The summed E-state index contributed by atoms with van der Waals surface area (Å²) in [7, 11) is -2.45. The molecule has 0 saturated carbocycles. The van der Waals surface area contributed by atoms with E-state index in [2.05, 4.69) is 9.46 Å². The molecule has 27 heavy (non-hydrogen) atoms. The van der Waals surface area contributed by atoms with Crippen LogP contribution in [0.2, 0.25) is 0 Å². The van der Waals surface area contributed by atoms with Crippen molar-refractivity contribution < 1.29 is 27.5 Å². The third-order valence-electron chi connectivity index (χ3n) is 4.05. The van der Waals surface area contributed by atoms with Gasteiger partial charge >= 0.3 is 12.1 Å². The maximum Gasteiger partial charge on any atom is 0.410 e. The molecule has 1 amide bonds. The topological polar surface area (TPSA) is 102 Å². The van der Waals surface area contributed by atoms with Crippen molar-refractivity contribution in [3.05, 3.63) is 29.8 Å². The van der Waals surface area contributed by atoms with E-state index in [0.29, 0.717) is 25.9 Å². The molecule has 0 aromatic heterocycles. The van der Waals surface area contributed by atoms with Crippen molar-refractivity contribution >= 4 is 22.1 Å². The zero-order valence-electron chi connectivity index (χ0n) is 16.0. The van der Waals surface area contributed by atoms with Crippen molar-refractivity contribution in [1.29, 1.82) is 0 Å². The van der Waals surface area contributed by atoms with Gasteiger partial charge in [0.2, 0.25) is 10.0 Å². The number of benzene rings is 1. The average Bonchev–Trinajstić information content (AvgIpc) is 2.60. The number of likely N-dealkylation sites (tertiary alicyclic amines) is 1. The number of sulfonamides is 1. The van der Waals surface area contributed by atoms with Crippen LogP contribution in [0.25, 0.3) is 0 Å². The largest absolute Gasteiger partial charge is 0.465 e. The number of piperidine rings is 1. The van der Waals surface area contributed by atoms with E-state index in [1.807, 2.05) is 0 Å². The molecule has 8 nitrogen and oxygen atoms in total. The fourth-order valence-electron chi connectivity index (χ4n) is 2.68. The Kier molecular flexibility index (Phi) is 6.48. The Morgan fingerprint density at radius 3 is 2.15 bits per heavy atom. The Labute approximate surface area is 159 Å². The molecule has 2 rings (SSSR count). The molecule has 1 N–H and O–H groups in total. The number of amides is 1. The smallest absolute Gasteiger partial charge is 0.410 e. The first-order valence-corrected chi connectivity index (χ1v) is 10.2. The fraction of sp³-hybridized carbons (Fsp3) is 0.556. The van der Waals surface area contributed by atoms with Crippen LogP contribution >= 0.6 is 0 Å². The first-order chi connectivity index (χ1) is 12.5. The molecule has 0 unspecified atom stereocenters. The predicted octanol–water partition coefficient (Wildman–Crippen LogP) is 2.15. The second kappa shape index (κ2) is 8.26. The highest BCUT2D eigenvalue weighted by Gasteiger charge is 2.29. The molecule has 0 radical (unpaired) electrons. The van der Waals surface area contributed by atoms with Gasteiger partial charge in [-0.15, -0.1) is 0 Å². The van der Waals surface area contributed by atoms with Gasteiger partial charge < -0.3 is 14.4 Å². The number of hydrogen-bond donors (Lipinski definition) is 1. The van der Waals surface area contributed by atoms with Crippen LogP contribution < -0.4 is 4.72 Å². The van der Waals surface area contributed by atoms with Crippen LogP contribution in [0.15, 0.2) is 29.2 Å². The van der Waals surface area contributed by atoms with Gasteiger partial charge in [0, 0.05) is 19.1 Å². The molecule has 1 aliphatic heterocycles. The maximum absolute atomic E-state index is 12.5. The molecule has 1 heterocycles. The van der Waals surface area contributed by atoms with Gasteiger partial charge in [-0.2, -0.15) is 0 Å². The molecule has 1 aromatic rings. The van der Waals surface area contributed by atoms with E-state index in [4.69, 9.17) is 4.74 Å². The van der Waals surface area contributed by atoms with Crippen molar-refractivity contribution in [1.82, 2.24) is 9.62 Å². The van der Waals surface area contributed by atoms with E-state index in [9.17, 15) is 18.0 Å². The van der Waals surface area contributed by atoms with E-state index < -0.39 is 21.6 Å². The Hall–Kier alpha value is -2.13. The van der Waals surface area contributed by atoms with Crippen molar-refractivity contribution in [3.63, 3.8) is 0 Å². The lowest BCUT2D eigenvalue weighted by molar-refractivity contribution is 0.0203. The Balaban J connectivity index is 1.94. The summed E-state index contributed by atoms with van der Waals surface area (Å²) >= 11 is 0. The normalized spacial score (nSPS) is 16.1. The van der Waals surface area contributed by atoms with Crippen LogP contribution in [-0.4, -0.2) is 57.2 Å². The van der Waals surface area contributed by atoms with Crippen LogP contribution in [-0.2, 0) is 19.5 Å². The van der Waals surface area contributed by atoms with Gasteiger partial charge in [0.15, 0.2) is 0 Å². The SMILES string of the molecule is COC(=O)c1ccc(S(=O)(=O)NC2CCN(C(=O)OC(C)(C)C)CC2)cc1. The molecule has 0 bridgehead atoms. The van der Waals surface area contributed by atoms with Gasteiger partial charge in [-0.25, -0.2) is 22.7 Å². The predicted molar refractivity (Wildman–Crippen MR) is 98.9 cm³/mol. The maximum atomic E-state index is 12.5. The highest BCUT2D eigenvalue weighted by Crippen LogP contribution is 2.18. The zero-order valence-corrected chi connectivity index (χ0v) is 16.8. The number of methoxy groups -OCH3 is 1. The molecule has 0 spiro atoms. The molecule has 1 aliphatic rings. The summed E-state index contributed by atoms with van der Waals surface area (Å²) < 4.78 is 37.6. The minimum Gasteiger partial charge on any atom is -0.465 e. The van der Waals surface area contributed by atoms with E-state index in [1.54, 1.807) is 25.7 Å². The highest BCUT2D eigenvalue weighted by molar-refractivity contribution is 7.89. The Bertz CT molecular complexity index is 775. The molecule has 150 valence electrons. The van der Waals surface area contributed by atoms with Crippen molar-refractivity contribution in [2.75, 3.05) is 20.2 Å². The van der Waals surface area contributed by atoms with Gasteiger partial charge in [-0.1, -0.05) is 0 Å². The number of ether oxygens (including phenoxy) is 2. The summed E-state index contributed by atoms with van der Waals surface area (Å²) in [5.41, 5.74) is -0.284. The van der Waals surface area contributed by atoms with E-state index in [1.165, 1.54) is 31.4 Å². The second-order valence-corrected chi connectivity index (χ2v) is 9.09. The summed E-state index contributed by atoms with van der Waals surface area (Å²) in [6.45, 7) is 6.25. The van der Waals surface area contributed by atoms with Crippen LogP contribution in [0, 0.1) is 0 Å². The number of nitrogens with one attached hydrogen (secondary N) is 1. The monoisotopic (exact) mass is 398 g/mol. The van der Waals surface area contributed by atoms with Crippen molar-refractivity contribution in [2.45, 2.75) is 50.2 Å². The van der Waals surface area contributed by atoms with Crippen LogP contribution in [0.4, 0.5) is 4.79 Å². The lowest BCUT2D eigenvalue weighted by Gasteiger charge is -2.33. The summed E-state index contributed by atoms with van der Waals surface area (Å²) in [5.74, 6) is -0.526. The lowest BCUT2D eigenvalue weighted by Crippen LogP contribution is -2.47. The summed E-state index contributed by atoms with van der Waals surface area (Å²) in [5, 5.41) is 0. The molecular weight excluding hydrogens is 372 g/mol. The summed E-state index contributed by atoms with van der Waals surface area (Å²) in [4.78, 5) is 25.2. The molecule has 1 fully saturated rings. The summed E-state index contributed by atoms with van der Waals surface area (Å²) in [6.07, 6.45) is 0.611. The highest BCUT2D eigenvalue weighted by atomic mass is 32.2. The Morgan fingerprint density at radius 2 is 1.67 bits per heavy atom. The molecule has 1 saturated heterocycles. The number of nitrogens with zero attached hydrogens (tertiary/aromatic N) is 1. The standard InChI is InChI=1S/C18H26N2O6S/c1-18(2,3)26-17(22)20-11-9-14(10-12-20)19-27(23,24)15-7-5-13(6-8-15)16(21)25-4/h5-8,14,19H,9-12H2,1-4H3. The summed E-state index contributed by atoms with van der Waals surface area (Å²) in [6, 6.07) is 5.28.